The Kier molecular flexibility index (Phi) is 3.71. The van der Waals surface area contributed by atoms with Crippen molar-refractivity contribution in [3.05, 3.63) is 35.4 Å². The number of ether oxygens (including phenoxy) is 1. The van der Waals surface area contributed by atoms with E-state index in [4.69, 9.17) is 4.74 Å². The quantitative estimate of drug-likeness (QED) is 0.563. The van der Waals surface area contributed by atoms with Gasteiger partial charge in [0.2, 0.25) is 0 Å². The molecule has 0 atom stereocenters. The molecule has 0 saturated heterocycles. The van der Waals surface area contributed by atoms with Gasteiger partial charge in [0.25, 0.3) is 0 Å². The summed E-state index contributed by atoms with van der Waals surface area (Å²) in [6.07, 6.45) is -4.30. The Morgan fingerprint density at radius 3 is 2.33 bits per heavy atom. The van der Waals surface area contributed by atoms with Gasteiger partial charge in [0, 0.05) is 5.56 Å². The third-order valence-electron chi connectivity index (χ3n) is 1.66. The van der Waals surface area contributed by atoms with Crippen LogP contribution in [-0.4, -0.2) is 13.6 Å². The first-order chi connectivity index (χ1) is 7.04. The molecule has 0 bridgehead atoms. The number of benzene rings is 1. The molecule has 0 heterocycles. The highest BCUT2D eigenvalue weighted by molar-refractivity contribution is 5.39. The monoisotopic (exact) mass is 218 g/mol. The standard InChI is InChI=1S/C10H9F3O2/c1-14-7-15-6-8-2-4-9(5-3-8)10(11,12)13/h2-5H,6H2,1H3. The first-order valence-electron chi connectivity index (χ1n) is 4.10. The molecule has 0 unspecified atom stereocenters. The van der Waals surface area contributed by atoms with Crippen LogP contribution in [-0.2, 0) is 21.9 Å². The lowest BCUT2D eigenvalue weighted by Crippen LogP contribution is -2.04. The van der Waals surface area contributed by atoms with Gasteiger partial charge >= 0.3 is 6.18 Å². The molecule has 82 valence electrons. The van der Waals surface area contributed by atoms with Crippen molar-refractivity contribution in [2.24, 2.45) is 0 Å². The molecule has 2 nitrogen and oxygen atoms in total. The van der Waals surface area contributed by atoms with Gasteiger partial charge in [-0.15, -0.1) is 0 Å². The molecule has 0 aromatic heterocycles. The predicted molar refractivity (Wildman–Crippen MR) is 47.9 cm³/mol. The van der Waals surface area contributed by atoms with Crippen molar-refractivity contribution < 1.29 is 22.3 Å². The van der Waals surface area contributed by atoms with Crippen LogP contribution >= 0.6 is 0 Å². The Hall–Kier alpha value is -1.52. The lowest BCUT2D eigenvalue weighted by Gasteiger charge is -2.06. The van der Waals surface area contributed by atoms with Gasteiger partial charge in [0.1, 0.15) is 7.11 Å². The van der Waals surface area contributed by atoms with E-state index >= 15 is 0 Å². The van der Waals surface area contributed by atoms with Crippen LogP contribution in [0, 0.1) is 0 Å². The fourth-order valence-electron chi connectivity index (χ4n) is 0.962. The van der Waals surface area contributed by atoms with Crippen LogP contribution < -0.4 is 0 Å². The molecule has 0 fully saturated rings. The molecule has 0 spiro atoms. The second-order valence-corrected chi connectivity index (χ2v) is 2.77. The molecule has 15 heavy (non-hydrogen) atoms. The molecule has 1 aromatic rings. The van der Waals surface area contributed by atoms with Crippen molar-refractivity contribution in [3.8, 4) is 0 Å². The van der Waals surface area contributed by atoms with Crippen LogP contribution in [0.3, 0.4) is 0 Å². The van der Waals surface area contributed by atoms with E-state index in [2.05, 4.69) is 10.9 Å². The molecule has 1 aromatic carbocycles. The Bertz CT molecular complexity index is 328. The zero-order valence-electron chi connectivity index (χ0n) is 7.97. The molecule has 0 amide bonds. The summed E-state index contributed by atoms with van der Waals surface area (Å²) < 4.78 is 45.6. The van der Waals surface area contributed by atoms with Crippen molar-refractivity contribution in [1.82, 2.24) is 0 Å². The van der Waals surface area contributed by atoms with Gasteiger partial charge in [-0.1, -0.05) is 12.1 Å². The summed E-state index contributed by atoms with van der Waals surface area (Å²) in [5.74, 6) is 0. The Balaban J connectivity index is 2.64. The first-order valence-corrected chi connectivity index (χ1v) is 4.10. The molecular formula is C10H9F3O2. The molecule has 0 aliphatic carbocycles. The van der Waals surface area contributed by atoms with Crippen LogP contribution in [0.1, 0.15) is 11.1 Å². The maximum atomic E-state index is 12.2. The normalized spacial score (nSPS) is 12.0. The maximum Gasteiger partial charge on any atom is 0.416 e. The van der Waals surface area contributed by atoms with Crippen molar-refractivity contribution in [2.75, 3.05) is 7.11 Å². The van der Waals surface area contributed by atoms with Crippen LogP contribution in [0.5, 0.6) is 0 Å². The van der Waals surface area contributed by atoms with Crippen molar-refractivity contribution in [2.45, 2.75) is 12.8 Å². The fraction of sp³-hybridized carbons (Fsp3) is 0.300. The number of alkyl halides is 3. The second kappa shape index (κ2) is 4.82. The summed E-state index contributed by atoms with van der Waals surface area (Å²) >= 11 is 0. The molecule has 1 rings (SSSR count). The lowest BCUT2D eigenvalue weighted by molar-refractivity contribution is -0.137. The van der Waals surface area contributed by atoms with Gasteiger partial charge in [-0.05, 0) is 12.1 Å². The SMILES string of the molecule is C[O+]=[C-]OCc1ccc(C(F)(F)F)cc1. The molecular weight excluding hydrogens is 209 g/mol. The minimum absolute atomic E-state index is 0.131. The number of halogens is 3. The lowest BCUT2D eigenvalue weighted by atomic mass is 10.1. The van der Waals surface area contributed by atoms with Gasteiger partial charge in [-0.25, -0.2) is 0 Å². The average molecular weight is 218 g/mol. The van der Waals surface area contributed by atoms with Gasteiger partial charge in [-0.3, -0.25) is 0 Å². The highest BCUT2D eigenvalue weighted by Crippen LogP contribution is 2.29. The average Bonchev–Trinajstić information content (AvgIpc) is 2.18. The molecule has 0 aliphatic rings. The summed E-state index contributed by atoms with van der Waals surface area (Å²) in [4.78, 5) is 0. The summed E-state index contributed by atoms with van der Waals surface area (Å²) in [7, 11) is 1.37. The topological polar surface area (TPSA) is 20.5 Å². The van der Waals surface area contributed by atoms with E-state index in [0.29, 0.717) is 5.56 Å². The number of rotatable bonds is 3. The molecule has 0 saturated carbocycles. The second-order valence-electron chi connectivity index (χ2n) is 2.77. The van der Waals surface area contributed by atoms with Crippen LogP contribution in [0.4, 0.5) is 13.2 Å². The third-order valence-corrected chi connectivity index (χ3v) is 1.66. The van der Waals surface area contributed by atoms with Gasteiger partial charge in [0.15, 0.2) is 13.1 Å². The predicted octanol–water partition coefficient (Wildman–Crippen LogP) is 2.45. The van der Waals surface area contributed by atoms with Gasteiger partial charge < -0.3 is 9.16 Å². The molecule has 0 radical (unpaired) electrons. The van der Waals surface area contributed by atoms with E-state index in [-0.39, 0.29) is 6.61 Å². The summed E-state index contributed by atoms with van der Waals surface area (Å²) in [5, 5.41) is 0. The van der Waals surface area contributed by atoms with Crippen molar-refractivity contribution in [1.29, 1.82) is 0 Å². The number of hydrogen-bond donors (Lipinski definition) is 0. The van der Waals surface area contributed by atoms with E-state index in [1.54, 1.807) is 0 Å². The van der Waals surface area contributed by atoms with Crippen LogP contribution in [0.15, 0.2) is 24.3 Å². The highest BCUT2D eigenvalue weighted by Gasteiger charge is 2.29. The zero-order chi connectivity index (χ0) is 11.3. The number of hydrogen-bond acceptors (Lipinski definition) is 1. The smallest absolute Gasteiger partial charge is 0.416 e. The fourth-order valence-corrected chi connectivity index (χ4v) is 0.962. The van der Waals surface area contributed by atoms with E-state index in [9.17, 15) is 13.2 Å². The summed E-state index contributed by atoms with van der Waals surface area (Å²) in [6.45, 7) is 2.25. The van der Waals surface area contributed by atoms with E-state index in [1.807, 2.05) is 0 Å². The van der Waals surface area contributed by atoms with Crippen LogP contribution in [0.25, 0.3) is 0 Å². The maximum absolute atomic E-state index is 12.2. The van der Waals surface area contributed by atoms with E-state index < -0.39 is 11.7 Å². The van der Waals surface area contributed by atoms with Crippen LogP contribution in [0.2, 0.25) is 0 Å². The third kappa shape index (κ3) is 3.61. The Morgan fingerprint density at radius 2 is 1.87 bits per heavy atom. The van der Waals surface area contributed by atoms with Gasteiger partial charge in [-0.2, -0.15) is 13.2 Å². The highest BCUT2D eigenvalue weighted by atomic mass is 19.4. The van der Waals surface area contributed by atoms with Gasteiger partial charge in [0.05, 0.1) is 5.56 Å². The summed E-state index contributed by atoms with van der Waals surface area (Å²) in [5.41, 5.74) is -0.0569. The first kappa shape index (κ1) is 11.6. The Labute approximate surface area is 85.0 Å². The minimum Gasteiger partial charge on any atom is -0.506 e. The minimum atomic E-state index is -4.30. The van der Waals surface area contributed by atoms with E-state index in [1.165, 1.54) is 19.2 Å². The zero-order valence-corrected chi connectivity index (χ0v) is 7.97. The van der Waals surface area contributed by atoms with Crippen molar-refractivity contribution >= 4 is 6.47 Å². The summed E-state index contributed by atoms with van der Waals surface area (Å²) in [6, 6.07) is 4.71. The van der Waals surface area contributed by atoms with Crippen molar-refractivity contribution in [3.63, 3.8) is 0 Å². The van der Waals surface area contributed by atoms with E-state index in [0.717, 1.165) is 12.1 Å². The number of carbonyl (C=O) groups excluding carboxylic acids is 1. The Morgan fingerprint density at radius 1 is 1.27 bits per heavy atom. The molecule has 0 aliphatic heterocycles. The molecule has 0 N–H and O–H groups in total. The molecule has 5 heteroatoms. The largest absolute Gasteiger partial charge is 0.506 e.